The number of ether oxygens (including phenoxy) is 1. The summed E-state index contributed by atoms with van der Waals surface area (Å²) < 4.78 is 6.95. The molecule has 2 aromatic heterocycles. The topological polar surface area (TPSA) is 59.3 Å². The van der Waals surface area contributed by atoms with Gasteiger partial charge in [-0.15, -0.1) is 11.3 Å². The van der Waals surface area contributed by atoms with Crippen LogP contribution >= 0.6 is 11.3 Å². The number of rotatable bonds is 5. The van der Waals surface area contributed by atoms with Gasteiger partial charge in [0, 0.05) is 23.9 Å². The Kier molecular flexibility index (Phi) is 5.50. The number of carbonyl (C=O) groups is 2. The van der Waals surface area contributed by atoms with E-state index in [0.717, 1.165) is 16.1 Å². The fourth-order valence-electron chi connectivity index (χ4n) is 2.22. The fourth-order valence-corrected chi connectivity index (χ4v) is 3.29. The third-order valence-electron chi connectivity index (χ3n) is 3.60. The summed E-state index contributed by atoms with van der Waals surface area (Å²) in [6.07, 6.45) is 1.85. The number of anilines is 1. The van der Waals surface area contributed by atoms with Crippen molar-refractivity contribution in [2.24, 2.45) is 0 Å². The lowest BCUT2D eigenvalue weighted by Crippen LogP contribution is -2.42. The van der Waals surface area contributed by atoms with Gasteiger partial charge >= 0.3 is 5.97 Å². The molecule has 0 bridgehead atoms. The summed E-state index contributed by atoms with van der Waals surface area (Å²) >= 11 is 1.40. The molecule has 0 saturated heterocycles. The zero-order chi connectivity index (χ0) is 17.0. The number of esters is 1. The highest BCUT2D eigenvalue weighted by Gasteiger charge is 2.23. The van der Waals surface area contributed by atoms with Gasteiger partial charge in [0.2, 0.25) is 6.54 Å². The van der Waals surface area contributed by atoms with Crippen molar-refractivity contribution < 1.29 is 18.9 Å². The van der Waals surface area contributed by atoms with E-state index in [1.165, 1.54) is 11.3 Å². The Hall–Kier alpha value is -2.21. The average molecular weight is 333 g/mol. The van der Waals surface area contributed by atoms with Crippen LogP contribution in [0.2, 0.25) is 0 Å². The van der Waals surface area contributed by atoms with Crippen LogP contribution < -0.4 is 9.88 Å². The maximum Gasteiger partial charge on any atom is 0.341 e. The SMILES string of the molecule is CCOC(=O)c1c(NC(=O)C[n+]2ccccc2C)sc(C)c1C. The smallest absolute Gasteiger partial charge is 0.341 e. The summed E-state index contributed by atoms with van der Waals surface area (Å²) in [5.41, 5.74) is 2.30. The van der Waals surface area contributed by atoms with E-state index in [-0.39, 0.29) is 12.5 Å². The summed E-state index contributed by atoms with van der Waals surface area (Å²) in [4.78, 5) is 25.4. The quantitative estimate of drug-likeness (QED) is 0.676. The monoisotopic (exact) mass is 333 g/mol. The van der Waals surface area contributed by atoms with Gasteiger partial charge in [-0.25, -0.2) is 4.79 Å². The second kappa shape index (κ2) is 7.37. The zero-order valence-corrected chi connectivity index (χ0v) is 14.6. The van der Waals surface area contributed by atoms with Gasteiger partial charge < -0.3 is 10.1 Å². The third kappa shape index (κ3) is 3.96. The molecule has 23 heavy (non-hydrogen) atoms. The number of nitrogens with zero attached hydrogens (tertiary/aromatic N) is 1. The number of pyridine rings is 1. The molecule has 0 aliphatic rings. The Morgan fingerprint density at radius 3 is 2.65 bits per heavy atom. The second-order valence-corrected chi connectivity index (χ2v) is 6.45. The molecule has 0 aliphatic carbocycles. The molecule has 0 saturated carbocycles. The first kappa shape index (κ1) is 17.1. The third-order valence-corrected chi connectivity index (χ3v) is 4.72. The van der Waals surface area contributed by atoms with Crippen LogP contribution in [-0.4, -0.2) is 18.5 Å². The number of carbonyl (C=O) groups excluding carboxylic acids is 2. The van der Waals surface area contributed by atoms with Crippen LogP contribution in [0.25, 0.3) is 0 Å². The molecule has 6 heteroatoms. The van der Waals surface area contributed by atoms with E-state index in [1.54, 1.807) is 6.92 Å². The molecule has 0 aliphatic heterocycles. The van der Waals surface area contributed by atoms with E-state index in [0.29, 0.717) is 17.2 Å². The minimum Gasteiger partial charge on any atom is -0.462 e. The maximum atomic E-state index is 12.3. The van der Waals surface area contributed by atoms with Gasteiger partial charge in [-0.2, -0.15) is 4.57 Å². The van der Waals surface area contributed by atoms with Crippen molar-refractivity contribution >= 4 is 28.2 Å². The number of aromatic nitrogens is 1. The number of thiophene rings is 1. The lowest BCUT2D eigenvalue weighted by molar-refractivity contribution is -0.690. The number of amides is 1. The van der Waals surface area contributed by atoms with E-state index in [9.17, 15) is 9.59 Å². The van der Waals surface area contributed by atoms with Crippen molar-refractivity contribution in [3.63, 3.8) is 0 Å². The maximum absolute atomic E-state index is 12.3. The van der Waals surface area contributed by atoms with Gasteiger partial charge in [0.25, 0.3) is 5.91 Å². The first-order chi connectivity index (χ1) is 10.9. The van der Waals surface area contributed by atoms with Gasteiger partial charge in [0.1, 0.15) is 5.00 Å². The van der Waals surface area contributed by atoms with Gasteiger partial charge in [0.15, 0.2) is 11.9 Å². The molecular weight excluding hydrogens is 312 g/mol. The number of aryl methyl sites for hydroxylation is 2. The van der Waals surface area contributed by atoms with Crippen molar-refractivity contribution in [1.29, 1.82) is 0 Å². The van der Waals surface area contributed by atoms with Crippen molar-refractivity contribution in [3.8, 4) is 0 Å². The summed E-state index contributed by atoms with van der Waals surface area (Å²) in [5, 5.41) is 3.40. The predicted molar refractivity (Wildman–Crippen MR) is 89.8 cm³/mol. The average Bonchev–Trinajstić information content (AvgIpc) is 2.76. The van der Waals surface area contributed by atoms with Crippen LogP contribution in [-0.2, 0) is 16.1 Å². The van der Waals surface area contributed by atoms with E-state index in [4.69, 9.17) is 4.74 Å². The molecule has 0 spiro atoms. The van der Waals surface area contributed by atoms with Gasteiger partial charge in [-0.3, -0.25) is 4.79 Å². The Labute approximate surface area is 139 Å². The van der Waals surface area contributed by atoms with Gasteiger partial charge in [-0.1, -0.05) is 6.07 Å². The summed E-state index contributed by atoms with van der Waals surface area (Å²) in [7, 11) is 0. The van der Waals surface area contributed by atoms with Crippen molar-refractivity contribution in [2.45, 2.75) is 34.2 Å². The molecule has 2 aromatic rings. The lowest BCUT2D eigenvalue weighted by Gasteiger charge is -2.06. The molecule has 0 aromatic carbocycles. The van der Waals surface area contributed by atoms with E-state index in [1.807, 2.05) is 49.7 Å². The van der Waals surface area contributed by atoms with Crippen LogP contribution in [0.1, 0.15) is 33.4 Å². The summed E-state index contributed by atoms with van der Waals surface area (Å²) in [5.74, 6) is -0.565. The minimum absolute atomic E-state index is 0.170. The highest BCUT2D eigenvalue weighted by molar-refractivity contribution is 7.16. The van der Waals surface area contributed by atoms with Crippen LogP contribution in [0, 0.1) is 20.8 Å². The van der Waals surface area contributed by atoms with E-state index in [2.05, 4.69) is 5.32 Å². The molecule has 2 rings (SSSR count). The Morgan fingerprint density at radius 2 is 2.00 bits per heavy atom. The molecule has 5 nitrogen and oxygen atoms in total. The second-order valence-electron chi connectivity index (χ2n) is 5.23. The molecule has 0 radical (unpaired) electrons. The molecular formula is C17H21N2O3S+. The predicted octanol–water partition coefficient (Wildman–Crippen LogP) is 2.78. The Morgan fingerprint density at radius 1 is 1.26 bits per heavy atom. The molecule has 1 amide bonds. The first-order valence-corrected chi connectivity index (χ1v) is 8.27. The largest absolute Gasteiger partial charge is 0.462 e. The van der Waals surface area contributed by atoms with Gasteiger partial charge in [-0.05, 0) is 26.3 Å². The fraction of sp³-hybridized carbons (Fsp3) is 0.353. The van der Waals surface area contributed by atoms with Crippen molar-refractivity contribution in [3.05, 3.63) is 46.1 Å². The number of nitrogens with one attached hydrogen (secondary N) is 1. The minimum atomic E-state index is -0.395. The Balaban J connectivity index is 2.20. The van der Waals surface area contributed by atoms with Crippen LogP contribution in [0.4, 0.5) is 5.00 Å². The van der Waals surface area contributed by atoms with Crippen molar-refractivity contribution in [2.75, 3.05) is 11.9 Å². The van der Waals surface area contributed by atoms with E-state index < -0.39 is 5.97 Å². The molecule has 0 atom stereocenters. The summed E-state index contributed by atoms with van der Waals surface area (Å²) in [6.45, 7) is 8.00. The van der Waals surface area contributed by atoms with Crippen LogP contribution in [0.3, 0.4) is 0 Å². The summed E-state index contributed by atoms with van der Waals surface area (Å²) in [6, 6.07) is 5.75. The number of hydrogen-bond acceptors (Lipinski definition) is 4. The lowest BCUT2D eigenvalue weighted by atomic mass is 10.1. The molecule has 122 valence electrons. The Bertz CT molecular complexity index is 737. The van der Waals surface area contributed by atoms with Gasteiger partial charge in [0.05, 0.1) is 12.2 Å². The highest BCUT2D eigenvalue weighted by Crippen LogP contribution is 2.32. The highest BCUT2D eigenvalue weighted by atomic mass is 32.1. The van der Waals surface area contributed by atoms with E-state index >= 15 is 0 Å². The molecule has 0 unspecified atom stereocenters. The molecule has 1 N–H and O–H groups in total. The van der Waals surface area contributed by atoms with Crippen LogP contribution in [0.15, 0.2) is 24.4 Å². The standard InChI is InChI=1S/C17H20N2O3S/c1-5-22-17(21)15-12(3)13(4)23-16(15)18-14(20)10-19-9-7-6-8-11(19)2/h6-9H,5,10H2,1-4H3/p+1. The van der Waals surface area contributed by atoms with Crippen molar-refractivity contribution in [1.82, 2.24) is 0 Å². The normalized spacial score (nSPS) is 10.4. The zero-order valence-electron chi connectivity index (χ0n) is 13.8. The molecule has 0 fully saturated rings. The number of hydrogen-bond donors (Lipinski definition) is 1. The first-order valence-electron chi connectivity index (χ1n) is 7.46. The van der Waals surface area contributed by atoms with Crippen LogP contribution in [0.5, 0.6) is 0 Å². The molecule has 2 heterocycles.